The van der Waals surface area contributed by atoms with E-state index in [0.29, 0.717) is 23.0 Å². The van der Waals surface area contributed by atoms with E-state index < -0.39 is 0 Å². The van der Waals surface area contributed by atoms with Gasteiger partial charge in [-0.15, -0.1) is 12.4 Å². The lowest BCUT2D eigenvalue weighted by molar-refractivity contribution is -0.124. The van der Waals surface area contributed by atoms with Gasteiger partial charge in [-0.05, 0) is 37.1 Å². The minimum absolute atomic E-state index is 0. The zero-order valence-electron chi connectivity index (χ0n) is 11.0. The van der Waals surface area contributed by atoms with Gasteiger partial charge in [0.1, 0.15) is 0 Å². The smallest absolute Gasteiger partial charge is 0.224 e. The number of rotatable bonds is 5. The van der Waals surface area contributed by atoms with Crippen LogP contribution in [0.5, 0.6) is 0 Å². The van der Waals surface area contributed by atoms with Crippen LogP contribution in [0.15, 0.2) is 18.2 Å². The van der Waals surface area contributed by atoms with Crippen molar-refractivity contribution in [1.29, 1.82) is 0 Å². The topological polar surface area (TPSA) is 55.1 Å². The van der Waals surface area contributed by atoms with Gasteiger partial charge >= 0.3 is 0 Å². The number of amides is 1. The number of nitrogens with two attached hydrogens (primary N) is 1. The first-order valence-corrected chi connectivity index (χ1v) is 6.64. The summed E-state index contributed by atoms with van der Waals surface area (Å²) in [5, 5.41) is 4.05. The maximum Gasteiger partial charge on any atom is 0.224 e. The van der Waals surface area contributed by atoms with Crippen LogP contribution in [0.3, 0.4) is 0 Å². The Labute approximate surface area is 130 Å². The van der Waals surface area contributed by atoms with Gasteiger partial charge in [0.25, 0.3) is 0 Å². The van der Waals surface area contributed by atoms with Gasteiger partial charge in [0.15, 0.2) is 0 Å². The molecule has 3 nitrogen and oxygen atoms in total. The molecule has 0 heterocycles. The van der Waals surface area contributed by atoms with E-state index in [1.807, 2.05) is 26.0 Å². The highest BCUT2D eigenvalue weighted by Gasteiger charge is 2.16. The fourth-order valence-corrected chi connectivity index (χ4v) is 2.06. The molecule has 19 heavy (non-hydrogen) atoms. The van der Waals surface area contributed by atoms with Crippen LogP contribution >= 0.6 is 35.6 Å². The minimum atomic E-state index is -0.187. The molecule has 0 aliphatic rings. The molecule has 6 heteroatoms. The second-order valence-corrected chi connectivity index (χ2v) is 5.34. The maximum absolute atomic E-state index is 11.7. The molecular weight excluding hydrogens is 307 g/mol. The lowest BCUT2D eigenvalue weighted by atomic mass is 10.0. The molecule has 0 saturated heterocycles. The van der Waals surface area contributed by atoms with E-state index in [4.69, 9.17) is 28.9 Å². The first-order valence-electron chi connectivity index (χ1n) is 5.88. The van der Waals surface area contributed by atoms with Crippen molar-refractivity contribution in [2.24, 2.45) is 11.7 Å². The zero-order valence-corrected chi connectivity index (χ0v) is 13.3. The lowest BCUT2D eigenvalue weighted by Gasteiger charge is -2.15. The molecule has 0 aliphatic heterocycles. The second-order valence-electron chi connectivity index (χ2n) is 4.47. The molecule has 2 atom stereocenters. The van der Waals surface area contributed by atoms with Crippen molar-refractivity contribution in [3.05, 3.63) is 33.8 Å². The van der Waals surface area contributed by atoms with Gasteiger partial charge in [0.2, 0.25) is 5.91 Å². The monoisotopic (exact) mass is 324 g/mol. The van der Waals surface area contributed by atoms with Crippen LogP contribution in [-0.2, 0) is 11.2 Å². The summed E-state index contributed by atoms with van der Waals surface area (Å²) in [5.41, 5.74) is 6.66. The quantitative estimate of drug-likeness (QED) is 0.874. The highest BCUT2D eigenvalue weighted by molar-refractivity contribution is 6.34. The Balaban J connectivity index is 0.00000324. The van der Waals surface area contributed by atoms with Gasteiger partial charge in [-0.25, -0.2) is 0 Å². The number of hydrogen-bond acceptors (Lipinski definition) is 2. The average Bonchev–Trinajstić information content (AvgIpc) is 2.26. The third-order valence-electron chi connectivity index (χ3n) is 2.84. The molecule has 108 valence electrons. The van der Waals surface area contributed by atoms with E-state index in [0.717, 1.165) is 5.56 Å². The van der Waals surface area contributed by atoms with Crippen molar-refractivity contribution in [3.8, 4) is 0 Å². The summed E-state index contributed by atoms with van der Waals surface area (Å²) in [7, 11) is 0. The summed E-state index contributed by atoms with van der Waals surface area (Å²) < 4.78 is 0. The standard InChI is InChI=1S/C13H18Cl2N2O.ClH/c1-8(9(2)16)13(18)17-4-3-10-5-11(14)7-12(15)6-10;/h5-9H,3-4,16H2,1-2H3,(H,17,18);1H. The van der Waals surface area contributed by atoms with Crippen LogP contribution < -0.4 is 11.1 Å². The number of hydrogen-bond donors (Lipinski definition) is 2. The third-order valence-corrected chi connectivity index (χ3v) is 3.27. The molecule has 1 aromatic carbocycles. The van der Waals surface area contributed by atoms with Gasteiger partial charge in [0, 0.05) is 28.5 Å². The van der Waals surface area contributed by atoms with Crippen molar-refractivity contribution < 1.29 is 4.79 Å². The second kappa shape index (κ2) is 8.64. The Bertz CT molecular complexity index is 404. The number of benzene rings is 1. The summed E-state index contributed by atoms with van der Waals surface area (Å²) in [6, 6.07) is 5.22. The average molecular weight is 326 g/mol. The predicted octanol–water partition coefficient (Wildman–Crippen LogP) is 3.06. The Morgan fingerprint density at radius 1 is 1.26 bits per heavy atom. The van der Waals surface area contributed by atoms with E-state index in [-0.39, 0.29) is 30.3 Å². The molecule has 0 radical (unpaired) electrons. The highest BCUT2D eigenvalue weighted by Crippen LogP contribution is 2.19. The van der Waals surface area contributed by atoms with E-state index in [1.165, 1.54) is 0 Å². The third kappa shape index (κ3) is 6.48. The van der Waals surface area contributed by atoms with E-state index in [2.05, 4.69) is 5.32 Å². The van der Waals surface area contributed by atoms with Crippen LogP contribution in [0, 0.1) is 5.92 Å². The molecular formula is C13H19Cl3N2O. The summed E-state index contributed by atoms with van der Waals surface area (Å²) in [6.45, 7) is 4.18. The summed E-state index contributed by atoms with van der Waals surface area (Å²) in [4.78, 5) is 11.7. The van der Waals surface area contributed by atoms with Gasteiger partial charge in [0.05, 0.1) is 0 Å². The van der Waals surface area contributed by atoms with Crippen molar-refractivity contribution in [2.45, 2.75) is 26.3 Å². The maximum atomic E-state index is 11.7. The summed E-state index contributed by atoms with van der Waals surface area (Å²) in [6.07, 6.45) is 0.692. The number of nitrogens with one attached hydrogen (secondary N) is 1. The van der Waals surface area contributed by atoms with Gasteiger partial charge in [-0.1, -0.05) is 30.1 Å². The van der Waals surface area contributed by atoms with E-state index in [9.17, 15) is 4.79 Å². The fraction of sp³-hybridized carbons (Fsp3) is 0.462. The van der Waals surface area contributed by atoms with Crippen molar-refractivity contribution in [1.82, 2.24) is 5.32 Å². The van der Waals surface area contributed by atoms with Crippen LogP contribution in [0.2, 0.25) is 10.0 Å². The molecule has 0 saturated carbocycles. The normalized spacial score (nSPS) is 13.3. The molecule has 1 rings (SSSR count). The van der Waals surface area contributed by atoms with Gasteiger partial charge < -0.3 is 11.1 Å². The molecule has 0 bridgehead atoms. The van der Waals surface area contributed by atoms with E-state index in [1.54, 1.807) is 6.07 Å². The molecule has 0 fully saturated rings. The molecule has 0 aliphatic carbocycles. The van der Waals surface area contributed by atoms with Crippen molar-refractivity contribution >= 4 is 41.5 Å². The largest absolute Gasteiger partial charge is 0.355 e. The van der Waals surface area contributed by atoms with E-state index >= 15 is 0 Å². The number of carbonyl (C=O) groups excluding carboxylic acids is 1. The predicted molar refractivity (Wildman–Crippen MR) is 83.2 cm³/mol. The number of halogens is 3. The molecule has 1 aromatic rings. The van der Waals surface area contributed by atoms with Crippen molar-refractivity contribution in [3.63, 3.8) is 0 Å². The molecule has 0 aromatic heterocycles. The minimum Gasteiger partial charge on any atom is -0.355 e. The Morgan fingerprint density at radius 2 is 1.79 bits per heavy atom. The molecule has 0 spiro atoms. The van der Waals surface area contributed by atoms with Gasteiger partial charge in [-0.3, -0.25) is 4.79 Å². The zero-order chi connectivity index (χ0) is 13.7. The molecule has 3 N–H and O–H groups in total. The SMILES string of the molecule is CC(N)C(C)C(=O)NCCc1cc(Cl)cc(Cl)c1.Cl. The van der Waals surface area contributed by atoms with Crippen LogP contribution in [0.1, 0.15) is 19.4 Å². The fourth-order valence-electron chi connectivity index (χ4n) is 1.49. The Kier molecular flexibility index (Phi) is 8.42. The van der Waals surface area contributed by atoms with Crippen molar-refractivity contribution in [2.75, 3.05) is 6.54 Å². The molecule has 2 unspecified atom stereocenters. The van der Waals surface area contributed by atoms with Crippen LogP contribution in [0.4, 0.5) is 0 Å². The van der Waals surface area contributed by atoms with Gasteiger partial charge in [-0.2, -0.15) is 0 Å². The Hall–Kier alpha value is -0.480. The Morgan fingerprint density at radius 3 is 2.26 bits per heavy atom. The summed E-state index contributed by atoms with van der Waals surface area (Å²) in [5.74, 6) is -0.217. The van der Waals surface area contributed by atoms with Crippen LogP contribution in [0.25, 0.3) is 0 Å². The lowest BCUT2D eigenvalue weighted by Crippen LogP contribution is -2.39. The summed E-state index contributed by atoms with van der Waals surface area (Å²) >= 11 is 11.8. The molecule has 1 amide bonds. The first-order chi connectivity index (χ1) is 8.40. The first kappa shape index (κ1) is 18.5. The van der Waals surface area contributed by atoms with Crippen LogP contribution in [-0.4, -0.2) is 18.5 Å². The highest BCUT2D eigenvalue weighted by atomic mass is 35.5. The number of carbonyl (C=O) groups is 1.